The molecule has 3 atom stereocenters. The number of hydrogen-bond acceptors (Lipinski definition) is 1. The van der Waals surface area contributed by atoms with Gasteiger partial charge in [0.1, 0.15) is 7.85 Å². The topological polar surface area (TPSA) is 3.24 Å². The molecule has 1 aliphatic carbocycles. The van der Waals surface area contributed by atoms with E-state index >= 15 is 0 Å². The third kappa shape index (κ3) is 3.29. The van der Waals surface area contributed by atoms with Crippen LogP contribution in [0.25, 0.3) is 0 Å². The number of hydrogen-bond donors (Lipinski definition) is 0. The molecular weight excluding hydrogens is 237 g/mol. The molecule has 102 valence electrons. The third-order valence-electron chi connectivity index (χ3n) is 5.02. The smallest absolute Gasteiger partial charge is 0.105 e. The van der Waals surface area contributed by atoms with Gasteiger partial charge in [0.05, 0.1) is 4.99 Å². The fourth-order valence-electron chi connectivity index (χ4n) is 3.81. The van der Waals surface area contributed by atoms with E-state index in [1.165, 1.54) is 56.5 Å². The molecule has 0 aromatic heterocycles. The van der Waals surface area contributed by atoms with E-state index in [1.54, 1.807) is 0 Å². The summed E-state index contributed by atoms with van der Waals surface area (Å²) in [6, 6.07) is 0.588. The molecule has 0 bridgehead atoms. The van der Waals surface area contributed by atoms with Crippen molar-refractivity contribution < 1.29 is 0 Å². The van der Waals surface area contributed by atoms with Gasteiger partial charge in [0.15, 0.2) is 0 Å². The number of likely N-dealkylation sites (tertiary alicyclic amines) is 1. The SMILES string of the molecule is BC1CCCC2CCN(C(C)C)C(=S)C2CCC1. The van der Waals surface area contributed by atoms with Gasteiger partial charge in [-0.1, -0.05) is 43.7 Å². The largest absolute Gasteiger partial charge is 0.363 e. The standard InChI is InChI=1S/C15H28BNS/c1-11(2)17-10-9-12-5-3-6-13(16)7-4-8-14(12)15(17)18/h11-14H,3-10,16H2,1-2H3. The number of nitrogens with zero attached hydrogens (tertiary/aromatic N) is 1. The molecule has 0 spiro atoms. The first-order valence-electron chi connectivity index (χ1n) is 7.90. The summed E-state index contributed by atoms with van der Waals surface area (Å²) in [5, 5.41) is 0. The Bertz CT molecular complexity index is 292. The molecule has 1 heterocycles. The Hall–Kier alpha value is -0.0451. The zero-order chi connectivity index (χ0) is 13.1. The lowest BCUT2D eigenvalue weighted by molar-refractivity contribution is 0.215. The Morgan fingerprint density at radius 1 is 1.11 bits per heavy atom. The van der Waals surface area contributed by atoms with Crippen LogP contribution in [0, 0.1) is 11.8 Å². The second kappa shape index (κ2) is 6.41. The monoisotopic (exact) mass is 265 g/mol. The highest BCUT2D eigenvalue weighted by Gasteiger charge is 2.34. The molecular formula is C15H28BNS. The minimum Gasteiger partial charge on any atom is -0.363 e. The molecule has 3 heteroatoms. The van der Waals surface area contributed by atoms with Crippen molar-refractivity contribution in [2.24, 2.45) is 11.8 Å². The van der Waals surface area contributed by atoms with Crippen LogP contribution in [0.3, 0.4) is 0 Å². The van der Waals surface area contributed by atoms with Crippen molar-refractivity contribution in [3.63, 3.8) is 0 Å². The van der Waals surface area contributed by atoms with Crippen molar-refractivity contribution in [3.05, 3.63) is 0 Å². The molecule has 0 radical (unpaired) electrons. The molecule has 0 amide bonds. The van der Waals surface area contributed by atoms with Crippen molar-refractivity contribution >= 4 is 25.1 Å². The summed E-state index contributed by atoms with van der Waals surface area (Å²) in [5.41, 5.74) is 0. The highest BCUT2D eigenvalue weighted by atomic mass is 32.1. The van der Waals surface area contributed by atoms with Gasteiger partial charge in [-0.3, -0.25) is 0 Å². The van der Waals surface area contributed by atoms with Gasteiger partial charge in [0.2, 0.25) is 0 Å². The molecule has 2 aliphatic rings. The van der Waals surface area contributed by atoms with Crippen LogP contribution >= 0.6 is 12.2 Å². The molecule has 2 fully saturated rings. The zero-order valence-electron chi connectivity index (χ0n) is 12.3. The molecule has 0 aromatic rings. The number of piperidine rings is 1. The molecule has 3 unspecified atom stereocenters. The molecule has 1 aliphatic heterocycles. The highest BCUT2D eigenvalue weighted by Crippen LogP contribution is 2.37. The van der Waals surface area contributed by atoms with Gasteiger partial charge >= 0.3 is 0 Å². The molecule has 1 nitrogen and oxygen atoms in total. The first-order valence-corrected chi connectivity index (χ1v) is 8.31. The van der Waals surface area contributed by atoms with E-state index in [-0.39, 0.29) is 0 Å². The molecule has 1 saturated heterocycles. The lowest BCUT2D eigenvalue weighted by atomic mass is 9.79. The predicted molar refractivity (Wildman–Crippen MR) is 86.0 cm³/mol. The summed E-state index contributed by atoms with van der Waals surface area (Å²) < 4.78 is 0. The van der Waals surface area contributed by atoms with Crippen molar-refractivity contribution in [2.75, 3.05) is 6.54 Å². The first kappa shape index (κ1) is 14.4. The zero-order valence-corrected chi connectivity index (χ0v) is 13.1. The van der Waals surface area contributed by atoms with Gasteiger partial charge in [0, 0.05) is 18.5 Å². The van der Waals surface area contributed by atoms with E-state index in [0.717, 1.165) is 11.7 Å². The van der Waals surface area contributed by atoms with E-state index in [0.29, 0.717) is 12.0 Å². The molecule has 0 N–H and O–H groups in total. The van der Waals surface area contributed by atoms with Crippen LogP contribution in [-0.4, -0.2) is 30.3 Å². The Morgan fingerprint density at radius 3 is 2.44 bits per heavy atom. The fraction of sp³-hybridized carbons (Fsp3) is 0.933. The van der Waals surface area contributed by atoms with Gasteiger partial charge in [-0.05, 0) is 39.0 Å². The quantitative estimate of drug-likeness (QED) is 0.528. The Morgan fingerprint density at radius 2 is 1.78 bits per heavy atom. The lowest BCUT2D eigenvalue weighted by Gasteiger charge is -2.42. The summed E-state index contributed by atoms with van der Waals surface area (Å²) in [6.45, 7) is 5.76. The van der Waals surface area contributed by atoms with Gasteiger partial charge in [-0.2, -0.15) is 0 Å². The van der Waals surface area contributed by atoms with Crippen LogP contribution in [0.2, 0.25) is 5.82 Å². The Labute approximate surface area is 119 Å². The summed E-state index contributed by atoms with van der Waals surface area (Å²) >= 11 is 5.81. The maximum absolute atomic E-state index is 5.81. The van der Waals surface area contributed by atoms with Gasteiger partial charge < -0.3 is 4.90 Å². The fourth-order valence-corrected chi connectivity index (χ4v) is 4.42. The maximum atomic E-state index is 5.81. The van der Waals surface area contributed by atoms with Crippen molar-refractivity contribution in [2.45, 2.75) is 70.7 Å². The summed E-state index contributed by atoms with van der Waals surface area (Å²) in [5.74, 6) is 2.53. The van der Waals surface area contributed by atoms with Crippen molar-refractivity contribution in [3.8, 4) is 0 Å². The van der Waals surface area contributed by atoms with E-state index < -0.39 is 0 Å². The minimum absolute atomic E-state index is 0.588. The summed E-state index contributed by atoms with van der Waals surface area (Å²) in [7, 11) is 2.42. The van der Waals surface area contributed by atoms with Crippen LogP contribution < -0.4 is 0 Å². The van der Waals surface area contributed by atoms with E-state index in [2.05, 4.69) is 26.6 Å². The summed E-state index contributed by atoms with van der Waals surface area (Å²) in [6.07, 6.45) is 9.79. The van der Waals surface area contributed by atoms with E-state index in [4.69, 9.17) is 12.2 Å². The minimum atomic E-state index is 0.588. The van der Waals surface area contributed by atoms with Gasteiger partial charge in [-0.15, -0.1) is 0 Å². The van der Waals surface area contributed by atoms with E-state index in [1.807, 2.05) is 0 Å². The van der Waals surface area contributed by atoms with Crippen molar-refractivity contribution in [1.82, 2.24) is 4.90 Å². The first-order chi connectivity index (χ1) is 8.59. The normalized spacial score (nSPS) is 34.7. The van der Waals surface area contributed by atoms with E-state index in [9.17, 15) is 0 Å². The highest BCUT2D eigenvalue weighted by molar-refractivity contribution is 7.80. The number of rotatable bonds is 1. The predicted octanol–water partition coefficient (Wildman–Crippen LogP) is 3.44. The third-order valence-corrected chi connectivity index (χ3v) is 5.55. The maximum Gasteiger partial charge on any atom is 0.105 e. The summed E-state index contributed by atoms with van der Waals surface area (Å²) in [4.78, 5) is 3.77. The van der Waals surface area contributed by atoms with Crippen LogP contribution in [0.15, 0.2) is 0 Å². The average molecular weight is 265 g/mol. The molecule has 0 aromatic carbocycles. The van der Waals surface area contributed by atoms with Gasteiger partial charge in [-0.25, -0.2) is 0 Å². The number of thiocarbonyl (C=S) groups is 1. The Kier molecular flexibility index (Phi) is 5.11. The second-order valence-electron chi connectivity index (χ2n) is 6.75. The lowest BCUT2D eigenvalue weighted by Crippen LogP contribution is -2.47. The second-order valence-corrected chi connectivity index (χ2v) is 7.17. The van der Waals surface area contributed by atoms with Crippen LogP contribution in [-0.2, 0) is 0 Å². The number of fused-ring (bicyclic) bond motifs is 1. The van der Waals surface area contributed by atoms with Gasteiger partial charge in [0.25, 0.3) is 0 Å². The molecule has 1 saturated carbocycles. The average Bonchev–Trinajstić information content (AvgIpc) is 2.40. The van der Waals surface area contributed by atoms with Crippen LogP contribution in [0.5, 0.6) is 0 Å². The van der Waals surface area contributed by atoms with Crippen molar-refractivity contribution in [1.29, 1.82) is 0 Å². The van der Waals surface area contributed by atoms with Crippen LogP contribution in [0.1, 0.15) is 58.8 Å². The molecule has 18 heavy (non-hydrogen) atoms. The van der Waals surface area contributed by atoms with Crippen LogP contribution in [0.4, 0.5) is 0 Å². The Balaban J connectivity index is 2.04. The molecule has 2 rings (SSSR count).